The van der Waals surface area contributed by atoms with Crippen molar-refractivity contribution in [1.82, 2.24) is 9.62 Å². The molecule has 0 aromatic heterocycles. The lowest BCUT2D eigenvalue weighted by atomic mass is 9.83. The fraction of sp³-hybridized carbons (Fsp3) is 0.394. The van der Waals surface area contributed by atoms with Crippen molar-refractivity contribution in [3.05, 3.63) is 88.9 Å². The Hall–Kier alpha value is -3.60. The van der Waals surface area contributed by atoms with E-state index in [9.17, 15) is 23.1 Å². The van der Waals surface area contributed by atoms with Crippen LogP contribution >= 0.6 is 11.6 Å². The van der Waals surface area contributed by atoms with E-state index in [1.807, 2.05) is 53.4 Å². The van der Waals surface area contributed by atoms with Crippen LogP contribution in [0.15, 0.2) is 77.7 Å². The number of fused-ring (bicyclic) bond motifs is 1. The van der Waals surface area contributed by atoms with Crippen molar-refractivity contribution in [2.45, 2.75) is 68.5 Å². The summed E-state index contributed by atoms with van der Waals surface area (Å²) in [6.45, 7) is 0.490. The van der Waals surface area contributed by atoms with Gasteiger partial charge in [0.15, 0.2) is 0 Å². The number of carbonyl (C=O) groups is 2. The number of carbonyl (C=O) groups excluding carboxylic acids is 1. The number of benzene rings is 3. The lowest BCUT2D eigenvalue weighted by Gasteiger charge is -2.36. The Kier molecular flexibility index (Phi) is 10.1. The SMILES string of the molecule is CN1[C@H](C2CCCCC2)CN(c2ccccc2)c2cc(Cl)c(CC[C@@H](NC(=O)OCc3ccccc3)C(=O)O)cc2S1(=O)=O. The summed E-state index contributed by atoms with van der Waals surface area (Å²) in [5.74, 6) is -0.992. The highest BCUT2D eigenvalue weighted by Gasteiger charge is 2.41. The van der Waals surface area contributed by atoms with Crippen LogP contribution in [0.2, 0.25) is 5.02 Å². The summed E-state index contributed by atoms with van der Waals surface area (Å²) in [7, 11) is -2.26. The Balaban J connectivity index is 1.40. The molecule has 1 fully saturated rings. The van der Waals surface area contributed by atoms with E-state index in [4.69, 9.17) is 16.3 Å². The molecule has 5 rings (SSSR count). The number of likely N-dealkylation sites (N-methyl/N-ethyl adjacent to an activating group) is 1. The number of nitrogens with zero attached hydrogens (tertiary/aromatic N) is 2. The average Bonchev–Trinajstić information content (AvgIpc) is 3.11. The van der Waals surface area contributed by atoms with Gasteiger partial charge in [-0.05, 0) is 67.0 Å². The van der Waals surface area contributed by atoms with E-state index in [2.05, 4.69) is 5.32 Å². The number of ether oxygens (including phenoxy) is 1. The second-order valence-corrected chi connectivity index (χ2v) is 13.9. The zero-order valence-corrected chi connectivity index (χ0v) is 26.3. The number of carboxylic acids is 1. The predicted octanol–water partition coefficient (Wildman–Crippen LogP) is 6.37. The van der Waals surface area contributed by atoms with E-state index < -0.39 is 28.1 Å². The third kappa shape index (κ3) is 7.20. The van der Waals surface area contributed by atoms with Crippen LogP contribution in [-0.2, 0) is 32.6 Å². The summed E-state index contributed by atoms with van der Waals surface area (Å²) in [6, 6.07) is 20.5. The van der Waals surface area contributed by atoms with Crippen molar-refractivity contribution < 1.29 is 27.9 Å². The summed E-state index contributed by atoms with van der Waals surface area (Å²) < 4.78 is 35.1. The summed E-state index contributed by atoms with van der Waals surface area (Å²) >= 11 is 6.77. The number of aryl methyl sites for hydroxylation is 1. The van der Waals surface area contributed by atoms with E-state index in [-0.39, 0.29) is 36.3 Å². The lowest BCUT2D eigenvalue weighted by Crippen LogP contribution is -2.46. The van der Waals surface area contributed by atoms with Gasteiger partial charge in [0.05, 0.1) is 5.69 Å². The minimum absolute atomic E-state index is 0.000799. The molecule has 2 aliphatic rings. The van der Waals surface area contributed by atoms with Gasteiger partial charge >= 0.3 is 12.1 Å². The van der Waals surface area contributed by atoms with E-state index in [0.717, 1.165) is 43.4 Å². The number of alkyl carbamates (subject to hydrolysis) is 1. The number of sulfonamides is 1. The third-order valence-electron chi connectivity index (χ3n) is 8.68. The average molecular weight is 640 g/mol. The molecule has 0 bridgehead atoms. The highest BCUT2D eigenvalue weighted by Crippen LogP contribution is 2.42. The van der Waals surface area contributed by atoms with Gasteiger partial charge in [-0.15, -0.1) is 0 Å². The van der Waals surface area contributed by atoms with E-state index in [1.54, 1.807) is 31.3 Å². The first-order valence-corrected chi connectivity index (χ1v) is 16.8. The summed E-state index contributed by atoms with van der Waals surface area (Å²) in [5, 5.41) is 12.5. The number of amides is 1. The Morgan fingerprint density at radius 2 is 1.68 bits per heavy atom. The monoisotopic (exact) mass is 639 g/mol. The highest BCUT2D eigenvalue weighted by molar-refractivity contribution is 7.89. The molecule has 1 saturated carbocycles. The molecule has 3 aromatic rings. The zero-order valence-electron chi connectivity index (χ0n) is 24.7. The van der Waals surface area contributed by atoms with Gasteiger partial charge in [0.1, 0.15) is 17.5 Å². The number of nitrogens with one attached hydrogen (secondary N) is 1. The number of anilines is 2. The number of hydrogen-bond acceptors (Lipinski definition) is 6. The molecule has 1 amide bonds. The molecule has 0 radical (unpaired) electrons. The minimum atomic E-state index is -3.92. The van der Waals surface area contributed by atoms with Crippen molar-refractivity contribution in [3.63, 3.8) is 0 Å². The molecule has 44 heavy (non-hydrogen) atoms. The Morgan fingerprint density at radius 1 is 1.02 bits per heavy atom. The first-order chi connectivity index (χ1) is 21.1. The molecule has 11 heteroatoms. The molecule has 0 spiro atoms. The standard InChI is InChI=1S/C33H38ClN3O6S/c1-36-30(24-13-7-3-8-14-24)21-37(26-15-9-4-10-16-26)29-20-27(34)25(19-31(29)44(36,41)42)17-18-28(32(38)39)35-33(40)43-22-23-11-5-2-6-12-23/h2,4-6,9-12,15-16,19-20,24,28,30H,3,7-8,13-14,17-18,21-22H2,1H3,(H,35,40)(H,38,39)/t28-,30+/m1/s1. The molecule has 1 heterocycles. The van der Waals surface area contributed by atoms with E-state index >= 15 is 0 Å². The van der Waals surface area contributed by atoms with Crippen LogP contribution in [0.1, 0.15) is 49.7 Å². The van der Waals surface area contributed by atoms with Crippen LogP contribution in [0.25, 0.3) is 0 Å². The predicted molar refractivity (Wildman–Crippen MR) is 170 cm³/mol. The van der Waals surface area contributed by atoms with Crippen LogP contribution in [0.3, 0.4) is 0 Å². The first kappa shape index (κ1) is 31.8. The van der Waals surface area contributed by atoms with E-state index in [0.29, 0.717) is 22.8 Å². The quantitative estimate of drug-likeness (QED) is 0.279. The van der Waals surface area contributed by atoms with Gasteiger partial charge in [0.25, 0.3) is 0 Å². The number of aliphatic carboxylic acids is 1. The normalized spacial score (nSPS) is 19.4. The maximum Gasteiger partial charge on any atom is 0.408 e. The fourth-order valence-corrected chi connectivity index (χ4v) is 8.09. The van der Waals surface area contributed by atoms with Crippen molar-refractivity contribution in [3.8, 4) is 0 Å². The maximum atomic E-state index is 14.2. The zero-order chi connectivity index (χ0) is 31.3. The number of carboxylic acid groups (broad SMARTS) is 1. The highest BCUT2D eigenvalue weighted by atomic mass is 35.5. The summed E-state index contributed by atoms with van der Waals surface area (Å²) in [6.07, 6.45) is 4.54. The number of hydrogen-bond donors (Lipinski definition) is 2. The van der Waals surface area contributed by atoms with Gasteiger partial charge in [-0.1, -0.05) is 79.4 Å². The van der Waals surface area contributed by atoms with Crippen LogP contribution in [0, 0.1) is 5.92 Å². The molecule has 0 saturated heterocycles. The molecule has 0 unspecified atom stereocenters. The largest absolute Gasteiger partial charge is 0.480 e. The Bertz CT molecular complexity index is 1570. The van der Waals surface area contributed by atoms with Gasteiger partial charge in [-0.3, -0.25) is 0 Å². The van der Waals surface area contributed by atoms with Crippen molar-refractivity contribution >= 4 is 45.1 Å². The van der Waals surface area contributed by atoms with Crippen LogP contribution in [-0.4, -0.2) is 55.6 Å². The maximum absolute atomic E-state index is 14.2. The molecular weight excluding hydrogens is 602 g/mol. The first-order valence-electron chi connectivity index (χ1n) is 15.0. The molecular formula is C33H38ClN3O6S. The molecule has 234 valence electrons. The van der Waals surface area contributed by atoms with Gasteiger partial charge < -0.3 is 20.1 Å². The Labute approximate surface area is 263 Å². The fourth-order valence-electron chi connectivity index (χ4n) is 6.21. The van der Waals surface area contributed by atoms with Crippen LogP contribution in [0.5, 0.6) is 0 Å². The third-order valence-corrected chi connectivity index (χ3v) is 10.9. The second kappa shape index (κ2) is 14.0. The van der Waals surface area contributed by atoms with Gasteiger partial charge in [0, 0.05) is 30.3 Å². The molecule has 2 atom stereocenters. The molecule has 1 aliphatic carbocycles. The van der Waals surface area contributed by atoms with Crippen molar-refractivity contribution in [2.75, 3.05) is 18.5 Å². The number of halogens is 1. The summed E-state index contributed by atoms with van der Waals surface area (Å²) in [5.41, 5.74) is 2.62. The smallest absolute Gasteiger partial charge is 0.408 e. The van der Waals surface area contributed by atoms with Gasteiger partial charge in [0.2, 0.25) is 10.0 Å². The number of para-hydroxylation sites is 1. The lowest BCUT2D eigenvalue weighted by molar-refractivity contribution is -0.139. The second-order valence-electron chi connectivity index (χ2n) is 11.5. The van der Waals surface area contributed by atoms with Crippen molar-refractivity contribution in [2.24, 2.45) is 5.92 Å². The van der Waals surface area contributed by atoms with Gasteiger partial charge in [-0.25, -0.2) is 18.0 Å². The van der Waals surface area contributed by atoms with Crippen molar-refractivity contribution in [1.29, 1.82) is 0 Å². The summed E-state index contributed by atoms with van der Waals surface area (Å²) in [4.78, 5) is 26.6. The number of rotatable bonds is 9. The van der Waals surface area contributed by atoms with E-state index in [1.165, 1.54) is 4.31 Å². The molecule has 1 aliphatic heterocycles. The minimum Gasteiger partial charge on any atom is -0.480 e. The Morgan fingerprint density at radius 3 is 2.34 bits per heavy atom. The molecule has 9 nitrogen and oxygen atoms in total. The van der Waals surface area contributed by atoms with Crippen LogP contribution in [0.4, 0.5) is 16.2 Å². The van der Waals surface area contributed by atoms with Crippen LogP contribution < -0.4 is 10.2 Å². The molecule has 2 N–H and O–H groups in total. The van der Waals surface area contributed by atoms with Gasteiger partial charge in [-0.2, -0.15) is 4.31 Å². The molecule has 3 aromatic carbocycles. The topological polar surface area (TPSA) is 116 Å².